The van der Waals surface area contributed by atoms with E-state index in [1.807, 2.05) is 40.9 Å². The van der Waals surface area contributed by atoms with E-state index >= 15 is 0 Å². The number of nitrogens with zero attached hydrogens (tertiary/aromatic N) is 3. The van der Waals surface area contributed by atoms with Gasteiger partial charge in [0.1, 0.15) is 5.82 Å². The lowest BCUT2D eigenvalue weighted by molar-refractivity contribution is -0.119. The molecule has 0 unspecified atom stereocenters. The van der Waals surface area contributed by atoms with Crippen LogP contribution in [0.1, 0.15) is 13.3 Å². The number of carbonyl (C=O) groups excluding carboxylic acids is 1. The molecule has 0 bridgehead atoms. The molecule has 28 heavy (non-hydrogen) atoms. The van der Waals surface area contributed by atoms with E-state index in [9.17, 15) is 9.18 Å². The summed E-state index contributed by atoms with van der Waals surface area (Å²) in [7, 11) is 0. The number of para-hydroxylation sites is 1. The van der Waals surface area contributed by atoms with E-state index in [2.05, 4.69) is 28.9 Å². The number of amides is 1. The van der Waals surface area contributed by atoms with E-state index in [1.54, 1.807) is 0 Å². The predicted octanol–water partition coefficient (Wildman–Crippen LogP) is 3.87. The van der Waals surface area contributed by atoms with Crippen LogP contribution in [-0.4, -0.2) is 55.3 Å². The molecule has 1 atom stereocenters. The van der Waals surface area contributed by atoms with Gasteiger partial charge < -0.3 is 9.80 Å². The Balaban J connectivity index is 1.37. The minimum absolute atomic E-state index is 0.178. The van der Waals surface area contributed by atoms with Gasteiger partial charge in [0.25, 0.3) is 0 Å². The fourth-order valence-corrected chi connectivity index (χ4v) is 4.95. The largest absolute Gasteiger partial charge is 0.369 e. The van der Waals surface area contributed by atoms with Crippen LogP contribution in [0.3, 0.4) is 0 Å². The molecule has 2 aromatic carbocycles. The number of piperazine rings is 1. The fourth-order valence-electron chi connectivity index (χ4n) is 3.84. The number of benzene rings is 2. The van der Waals surface area contributed by atoms with Gasteiger partial charge in [-0.15, -0.1) is 11.8 Å². The van der Waals surface area contributed by atoms with Crippen molar-refractivity contribution in [3.8, 4) is 0 Å². The zero-order valence-electron chi connectivity index (χ0n) is 16.2. The summed E-state index contributed by atoms with van der Waals surface area (Å²) in [5.74, 6) is -0.0319. The topological polar surface area (TPSA) is 26.8 Å². The Hall–Kier alpha value is -2.05. The third-order valence-electron chi connectivity index (χ3n) is 5.47. The van der Waals surface area contributed by atoms with Crippen LogP contribution in [0, 0.1) is 5.82 Å². The highest BCUT2D eigenvalue weighted by Gasteiger charge is 2.26. The molecule has 6 heteroatoms. The second kappa shape index (κ2) is 8.53. The van der Waals surface area contributed by atoms with Crippen molar-refractivity contribution in [2.75, 3.05) is 49.1 Å². The summed E-state index contributed by atoms with van der Waals surface area (Å²) in [6.45, 7) is 6.83. The second-order valence-corrected chi connectivity index (χ2v) is 8.95. The average Bonchev–Trinajstić information content (AvgIpc) is 2.87. The number of hydrogen-bond acceptors (Lipinski definition) is 4. The van der Waals surface area contributed by atoms with Gasteiger partial charge in [0.15, 0.2) is 0 Å². The summed E-state index contributed by atoms with van der Waals surface area (Å²) < 4.78 is 13.1. The standard InChI is InChI=1S/C22H26FN3OS/c1-17-10-11-26(20-4-2-3-5-21(20)28-17)22(27)16-24-12-14-25(15-13-24)19-8-6-18(23)7-9-19/h2-9,17H,10-16H2,1H3/t17-/m0/s1. The highest BCUT2D eigenvalue weighted by molar-refractivity contribution is 8.00. The molecule has 2 aliphatic rings. The monoisotopic (exact) mass is 399 g/mol. The van der Waals surface area contributed by atoms with Crippen molar-refractivity contribution < 1.29 is 9.18 Å². The van der Waals surface area contributed by atoms with Crippen molar-refractivity contribution in [1.29, 1.82) is 0 Å². The maximum Gasteiger partial charge on any atom is 0.241 e. The fraction of sp³-hybridized carbons (Fsp3) is 0.409. The van der Waals surface area contributed by atoms with Crippen LogP contribution in [-0.2, 0) is 4.79 Å². The number of hydrogen-bond donors (Lipinski definition) is 0. The van der Waals surface area contributed by atoms with Crippen LogP contribution in [0.15, 0.2) is 53.4 Å². The average molecular weight is 400 g/mol. The van der Waals surface area contributed by atoms with Gasteiger partial charge in [-0.3, -0.25) is 9.69 Å². The summed E-state index contributed by atoms with van der Waals surface area (Å²) in [5.41, 5.74) is 2.09. The van der Waals surface area contributed by atoms with Gasteiger partial charge in [-0.2, -0.15) is 0 Å². The number of anilines is 2. The summed E-state index contributed by atoms with van der Waals surface area (Å²) in [4.78, 5) is 20.7. The molecule has 148 valence electrons. The molecule has 0 radical (unpaired) electrons. The molecular formula is C22H26FN3OS. The number of halogens is 1. The van der Waals surface area contributed by atoms with Crippen molar-refractivity contribution in [3.63, 3.8) is 0 Å². The SMILES string of the molecule is C[C@H]1CCN(C(=O)CN2CCN(c3ccc(F)cc3)CC2)c2ccccc2S1. The molecule has 4 nitrogen and oxygen atoms in total. The highest BCUT2D eigenvalue weighted by atomic mass is 32.2. The van der Waals surface area contributed by atoms with E-state index in [1.165, 1.54) is 17.0 Å². The Morgan fingerprint density at radius 1 is 1.04 bits per heavy atom. The third-order valence-corrected chi connectivity index (χ3v) is 6.70. The van der Waals surface area contributed by atoms with E-state index < -0.39 is 0 Å². The summed E-state index contributed by atoms with van der Waals surface area (Å²) >= 11 is 1.86. The van der Waals surface area contributed by atoms with E-state index in [0.717, 1.165) is 50.5 Å². The van der Waals surface area contributed by atoms with Gasteiger partial charge in [0.05, 0.1) is 12.2 Å². The van der Waals surface area contributed by atoms with Gasteiger partial charge in [-0.25, -0.2) is 4.39 Å². The second-order valence-electron chi connectivity index (χ2n) is 7.47. The first-order valence-corrected chi connectivity index (χ1v) is 10.8. The van der Waals surface area contributed by atoms with Gasteiger partial charge >= 0.3 is 0 Å². The molecule has 0 aromatic heterocycles. The van der Waals surface area contributed by atoms with Crippen LogP contribution in [0.5, 0.6) is 0 Å². The molecule has 4 rings (SSSR count). The lowest BCUT2D eigenvalue weighted by Gasteiger charge is -2.36. The van der Waals surface area contributed by atoms with Gasteiger partial charge in [0.2, 0.25) is 5.91 Å². The zero-order valence-corrected chi connectivity index (χ0v) is 17.0. The Bertz CT molecular complexity index is 821. The number of rotatable bonds is 3. The molecule has 1 saturated heterocycles. The first kappa shape index (κ1) is 19.3. The molecular weight excluding hydrogens is 373 g/mol. The van der Waals surface area contributed by atoms with E-state index in [4.69, 9.17) is 0 Å². The zero-order chi connectivity index (χ0) is 19.5. The van der Waals surface area contributed by atoms with E-state index in [-0.39, 0.29) is 11.7 Å². The van der Waals surface area contributed by atoms with Crippen LogP contribution < -0.4 is 9.80 Å². The van der Waals surface area contributed by atoms with Crippen LogP contribution in [0.4, 0.5) is 15.8 Å². The third kappa shape index (κ3) is 4.33. The molecule has 2 aromatic rings. The van der Waals surface area contributed by atoms with Gasteiger partial charge in [-0.05, 0) is 42.8 Å². The minimum atomic E-state index is -0.210. The Labute approximate surface area is 170 Å². The molecule has 2 aliphatic heterocycles. The van der Waals surface area contributed by atoms with Crippen molar-refractivity contribution in [3.05, 3.63) is 54.3 Å². The molecule has 1 amide bonds. The number of fused-ring (bicyclic) bond motifs is 1. The maximum absolute atomic E-state index is 13.1. The molecule has 0 saturated carbocycles. The molecule has 1 fully saturated rings. The van der Waals surface area contributed by atoms with Gasteiger partial charge in [0, 0.05) is 48.6 Å². The van der Waals surface area contributed by atoms with E-state index in [0.29, 0.717) is 11.8 Å². The summed E-state index contributed by atoms with van der Waals surface area (Å²) in [6, 6.07) is 14.9. The maximum atomic E-state index is 13.1. The highest BCUT2D eigenvalue weighted by Crippen LogP contribution is 2.37. The number of thioether (sulfide) groups is 1. The lowest BCUT2D eigenvalue weighted by atomic mass is 10.2. The van der Waals surface area contributed by atoms with Crippen molar-refractivity contribution in [2.45, 2.75) is 23.5 Å². The van der Waals surface area contributed by atoms with Crippen molar-refractivity contribution in [1.82, 2.24) is 4.90 Å². The number of carbonyl (C=O) groups is 1. The summed E-state index contributed by atoms with van der Waals surface area (Å²) in [6.07, 6.45) is 1.00. The van der Waals surface area contributed by atoms with Crippen molar-refractivity contribution in [2.24, 2.45) is 0 Å². The smallest absolute Gasteiger partial charge is 0.241 e. The normalized spacial score (nSPS) is 20.6. The molecule has 0 aliphatic carbocycles. The molecule has 0 N–H and O–H groups in total. The van der Waals surface area contributed by atoms with Crippen LogP contribution >= 0.6 is 11.8 Å². The van der Waals surface area contributed by atoms with Gasteiger partial charge in [-0.1, -0.05) is 19.1 Å². The van der Waals surface area contributed by atoms with Crippen LogP contribution in [0.2, 0.25) is 0 Å². The Kier molecular flexibility index (Phi) is 5.87. The van der Waals surface area contributed by atoms with Crippen molar-refractivity contribution >= 4 is 29.0 Å². The first-order valence-electron chi connectivity index (χ1n) is 9.89. The Morgan fingerprint density at radius 2 is 1.75 bits per heavy atom. The lowest BCUT2D eigenvalue weighted by Crippen LogP contribution is -2.50. The molecule has 0 spiro atoms. The first-order chi connectivity index (χ1) is 13.6. The quantitative estimate of drug-likeness (QED) is 0.783. The Morgan fingerprint density at radius 3 is 2.50 bits per heavy atom. The molecule has 2 heterocycles. The summed E-state index contributed by atoms with van der Waals surface area (Å²) in [5, 5.41) is 0.512. The van der Waals surface area contributed by atoms with Crippen LogP contribution in [0.25, 0.3) is 0 Å². The predicted molar refractivity (Wildman–Crippen MR) is 114 cm³/mol. The minimum Gasteiger partial charge on any atom is -0.369 e.